The van der Waals surface area contributed by atoms with Crippen LogP contribution < -0.4 is 10.2 Å². The predicted octanol–water partition coefficient (Wildman–Crippen LogP) is 24.9. The lowest BCUT2D eigenvalue weighted by atomic mass is 10.0. The van der Waals surface area contributed by atoms with Gasteiger partial charge in [0, 0.05) is 6.42 Å². The number of nitrogens with one attached hydrogen (secondary N) is 1. The highest BCUT2D eigenvalue weighted by atomic mass is 31.2. The van der Waals surface area contributed by atoms with Crippen molar-refractivity contribution >= 4 is 13.7 Å². The zero-order valence-electron chi connectivity index (χ0n) is 61.0. The Balaban J connectivity index is 4.04. The van der Waals surface area contributed by atoms with Crippen LogP contribution in [0, 0.1) is 0 Å². The second kappa shape index (κ2) is 72.2. The van der Waals surface area contributed by atoms with Crippen LogP contribution in [-0.2, 0) is 18.4 Å². The van der Waals surface area contributed by atoms with Crippen molar-refractivity contribution in [3.05, 3.63) is 122 Å². The molecule has 0 radical (unpaired) electrons. The molecule has 0 fully saturated rings. The normalized spacial score (nSPS) is 14.2. The van der Waals surface area contributed by atoms with Crippen LogP contribution in [0.5, 0.6) is 0 Å². The summed E-state index contributed by atoms with van der Waals surface area (Å²) in [5.41, 5.74) is 0. The number of phosphoric acid groups is 1. The van der Waals surface area contributed by atoms with Crippen molar-refractivity contribution in [1.82, 2.24) is 5.32 Å². The van der Waals surface area contributed by atoms with Crippen molar-refractivity contribution in [2.24, 2.45) is 0 Å². The van der Waals surface area contributed by atoms with Gasteiger partial charge in [-0.05, 0) is 96.3 Å². The first-order chi connectivity index (χ1) is 45.0. The Hall–Kier alpha value is -3.10. The molecule has 0 aromatic carbocycles. The molecule has 532 valence electrons. The van der Waals surface area contributed by atoms with Gasteiger partial charge in [-0.2, -0.15) is 0 Å². The van der Waals surface area contributed by atoms with Gasteiger partial charge in [-0.25, -0.2) is 0 Å². The Kier molecular flexibility index (Phi) is 69.7. The maximum Gasteiger partial charge on any atom is 0.268 e. The highest BCUT2D eigenvalue weighted by Gasteiger charge is 2.23. The fourth-order valence-corrected chi connectivity index (χ4v) is 11.9. The SMILES string of the molecule is CC/C=C\C/C=C\C/C=C\C/C=C\C/C=C\C/C=C\C/C=C\C/C=C\CCCCCCCCCCCCCCCCCCC(=O)NC(COP(=O)([O-])OCC[N+](C)(C)C)C(O)/C=C/CC/C=C/CCCCCCCCCCCCCCCCCCCCCCCCC. The molecular weight excluding hydrogens is 1150 g/mol. The van der Waals surface area contributed by atoms with Gasteiger partial charge in [0.05, 0.1) is 39.9 Å². The number of unbranched alkanes of at least 4 members (excludes halogenated alkanes) is 40. The standard InChI is InChI=1S/C83H149N2O6P/c1-6-8-10-12-14-16-18-20-22-24-26-28-30-32-34-36-37-38-39-40-41-42-43-44-45-46-47-49-51-53-55-57-59-61-63-65-67-69-71-73-75-77-83(87)84-81(80-91-92(88,89)90-79-78-85(3,4)5)82(86)76-74-72-70-68-66-64-62-60-58-56-54-52-50-48-35-33-31-29-27-25-23-21-19-17-15-13-11-9-7-2/h8,10,14,16,20,22,26,28,32,34,37-38,40-41,43-44,66,68,74,76,81-82,86H,6-7,9,11-13,15,17-19,21,23-25,27,29-31,33,35-36,39,42,45-65,67,69-73,75,77-80H2,1-5H3,(H-,84,87,88,89)/b10-8-,16-14-,22-20-,28-26-,34-32-,38-37-,41-40-,44-43-,68-66+,76-74+. The number of phosphoric ester groups is 1. The predicted molar refractivity (Wildman–Crippen MR) is 403 cm³/mol. The minimum absolute atomic E-state index is 0.00938. The molecule has 0 aliphatic rings. The third-order valence-corrected chi connectivity index (χ3v) is 18.1. The highest BCUT2D eigenvalue weighted by molar-refractivity contribution is 7.45. The number of carbonyl (C=O) groups excluding carboxylic acids is 1. The summed E-state index contributed by atoms with van der Waals surface area (Å²) in [5, 5.41) is 14.0. The largest absolute Gasteiger partial charge is 0.756 e. The average Bonchev–Trinajstić information content (AvgIpc) is 2.63. The number of aliphatic hydroxyl groups is 1. The zero-order chi connectivity index (χ0) is 66.9. The fraction of sp³-hybridized carbons (Fsp3) is 0.747. The van der Waals surface area contributed by atoms with E-state index in [1.165, 1.54) is 238 Å². The van der Waals surface area contributed by atoms with Gasteiger partial charge in [0.25, 0.3) is 7.82 Å². The molecule has 0 heterocycles. The molecule has 0 saturated heterocycles. The third-order valence-electron chi connectivity index (χ3n) is 17.2. The van der Waals surface area contributed by atoms with E-state index in [0.29, 0.717) is 17.4 Å². The van der Waals surface area contributed by atoms with E-state index in [1.54, 1.807) is 6.08 Å². The maximum absolute atomic E-state index is 13.1. The van der Waals surface area contributed by atoms with E-state index in [1.807, 2.05) is 27.2 Å². The van der Waals surface area contributed by atoms with Crippen molar-refractivity contribution in [1.29, 1.82) is 0 Å². The molecule has 2 N–H and O–H groups in total. The fourth-order valence-electron chi connectivity index (χ4n) is 11.2. The molecule has 0 aromatic heterocycles. The van der Waals surface area contributed by atoms with E-state index in [-0.39, 0.29) is 12.5 Å². The maximum atomic E-state index is 13.1. The summed E-state index contributed by atoms with van der Waals surface area (Å²) in [5.74, 6) is -0.206. The number of quaternary nitrogens is 1. The second-order valence-corrected chi connectivity index (χ2v) is 28.7. The van der Waals surface area contributed by atoms with E-state index in [4.69, 9.17) is 9.05 Å². The molecule has 3 atom stereocenters. The Bertz CT molecular complexity index is 1920. The van der Waals surface area contributed by atoms with Gasteiger partial charge in [0.15, 0.2) is 0 Å². The number of allylic oxidation sites excluding steroid dienone is 19. The van der Waals surface area contributed by atoms with Gasteiger partial charge in [0.1, 0.15) is 13.2 Å². The lowest BCUT2D eigenvalue weighted by Crippen LogP contribution is -2.45. The molecule has 0 aromatic rings. The highest BCUT2D eigenvalue weighted by Crippen LogP contribution is 2.38. The van der Waals surface area contributed by atoms with Crippen LogP contribution in [0.3, 0.4) is 0 Å². The number of hydrogen-bond donors (Lipinski definition) is 2. The van der Waals surface area contributed by atoms with E-state index < -0.39 is 26.6 Å². The average molecular weight is 1300 g/mol. The topological polar surface area (TPSA) is 108 Å². The summed E-state index contributed by atoms with van der Waals surface area (Å²) >= 11 is 0. The van der Waals surface area contributed by atoms with Crippen LogP contribution >= 0.6 is 7.82 Å². The van der Waals surface area contributed by atoms with Gasteiger partial charge in [0.2, 0.25) is 5.91 Å². The monoisotopic (exact) mass is 1300 g/mol. The number of carbonyl (C=O) groups is 1. The summed E-state index contributed by atoms with van der Waals surface area (Å²) in [7, 11) is 1.25. The molecule has 0 bridgehead atoms. The lowest BCUT2D eigenvalue weighted by molar-refractivity contribution is -0.870. The molecular formula is C83H149N2O6P. The molecule has 9 heteroatoms. The molecule has 92 heavy (non-hydrogen) atoms. The minimum Gasteiger partial charge on any atom is -0.756 e. The Labute approximate surface area is 571 Å². The number of likely N-dealkylation sites (N-methyl/N-ethyl adjacent to an activating group) is 1. The smallest absolute Gasteiger partial charge is 0.268 e. The zero-order valence-corrected chi connectivity index (χ0v) is 61.9. The Morgan fingerprint density at radius 3 is 1.01 bits per heavy atom. The Morgan fingerprint density at radius 1 is 0.391 bits per heavy atom. The number of rotatable bonds is 71. The van der Waals surface area contributed by atoms with Crippen LogP contribution in [0.2, 0.25) is 0 Å². The molecule has 0 saturated carbocycles. The first-order valence-corrected chi connectivity index (χ1v) is 40.4. The minimum atomic E-state index is -4.62. The molecule has 8 nitrogen and oxygen atoms in total. The summed E-state index contributed by atoms with van der Waals surface area (Å²) < 4.78 is 23.5. The van der Waals surface area contributed by atoms with E-state index >= 15 is 0 Å². The number of nitrogens with zero attached hydrogens (tertiary/aromatic N) is 1. The van der Waals surface area contributed by atoms with Gasteiger partial charge < -0.3 is 28.8 Å². The van der Waals surface area contributed by atoms with Crippen LogP contribution in [0.25, 0.3) is 0 Å². The van der Waals surface area contributed by atoms with E-state index in [9.17, 15) is 19.4 Å². The molecule has 3 unspecified atom stereocenters. The second-order valence-electron chi connectivity index (χ2n) is 27.3. The summed E-state index contributed by atoms with van der Waals surface area (Å²) in [4.78, 5) is 25.7. The number of hydrogen-bond acceptors (Lipinski definition) is 6. The van der Waals surface area contributed by atoms with Gasteiger partial charge in [-0.15, -0.1) is 0 Å². The van der Waals surface area contributed by atoms with Crippen LogP contribution in [-0.4, -0.2) is 68.5 Å². The first kappa shape index (κ1) is 88.9. The quantitative estimate of drug-likeness (QED) is 0.0272. The van der Waals surface area contributed by atoms with Crippen molar-refractivity contribution in [2.45, 2.75) is 360 Å². The summed E-state index contributed by atoms with van der Waals surface area (Å²) in [6.45, 7) is 4.55. The van der Waals surface area contributed by atoms with Crippen LogP contribution in [0.4, 0.5) is 0 Å². The van der Waals surface area contributed by atoms with Gasteiger partial charge in [-0.3, -0.25) is 9.36 Å². The van der Waals surface area contributed by atoms with Crippen LogP contribution in [0.15, 0.2) is 122 Å². The number of amides is 1. The third kappa shape index (κ3) is 74.3. The van der Waals surface area contributed by atoms with Crippen molar-refractivity contribution in [3.63, 3.8) is 0 Å². The summed E-state index contributed by atoms with van der Waals surface area (Å²) in [6, 6.07) is -0.911. The molecule has 0 aliphatic carbocycles. The van der Waals surface area contributed by atoms with Crippen molar-refractivity contribution in [2.75, 3.05) is 40.9 Å². The van der Waals surface area contributed by atoms with Crippen molar-refractivity contribution < 1.29 is 32.9 Å². The lowest BCUT2D eigenvalue weighted by Gasteiger charge is -2.29. The summed E-state index contributed by atoms with van der Waals surface area (Å²) in [6.07, 6.45) is 108. The van der Waals surface area contributed by atoms with E-state index in [0.717, 1.165) is 89.9 Å². The molecule has 0 rings (SSSR count). The van der Waals surface area contributed by atoms with Crippen LogP contribution in [0.1, 0.15) is 348 Å². The van der Waals surface area contributed by atoms with Gasteiger partial charge >= 0.3 is 0 Å². The Morgan fingerprint density at radius 2 is 0.674 bits per heavy atom. The molecule has 1 amide bonds. The molecule has 0 aliphatic heterocycles. The van der Waals surface area contributed by atoms with E-state index in [2.05, 4.69) is 129 Å². The molecule has 0 spiro atoms. The van der Waals surface area contributed by atoms with Gasteiger partial charge in [-0.1, -0.05) is 367 Å². The number of aliphatic hydroxyl groups excluding tert-OH is 1. The first-order valence-electron chi connectivity index (χ1n) is 38.9. The van der Waals surface area contributed by atoms with Crippen molar-refractivity contribution in [3.8, 4) is 0 Å².